The molecule has 1 aliphatic rings. The Morgan fingerprint density at radius 3 is 2.96 bits per heavy atom. The van der Waals surface area contributed by atoms with Crippen LogP contribution in [-0.2, 0) is 19.6 Å². The summed E-state index contributed by atoms with van der Waals surface area (Å²) >= 11 is 6.15. The van der Waals surface area contributed by atoms with Gasteiger partial charge < -0.3 is 10.1 Å². The smallest absolute Gasteiger partial charge is 0.232 e. The van der Waals surface area contributed by atoms with E-state index in [1.807, 2.05) is 12.3 Å². The Labute approximate surface area is 141 Å². The van der Waals surface area contributed by atoms with Crippen LogP contribution < -0.4 is 10.1 Å². The van der Waals surface area contributed by atoms with Gasteiger partial charge in [-0.3, -0.25) is 9.58 Å². The second kappa shape index (κ2) is 6.86. The highest BCUT2D eigenvalue weighted by Crippen LogP contribution is 2.25. The highest BCUT2D eigenvalue weighted by Gasteiger charge is 2.18. The van der Waals surface area contributed by atoms with Crippen LogP contribution in [0.4, 0.5) is 0 Å². The molecule has 0 saturated carbocycles. The molecule has 6 nitrogen and oxygen atoms in total. The van der Waals surface area contributed by atoms with Gasteiger partial charge >= 0.3 is 0 Å². The van der Waals surface area contributed by atoms with Gasteiger partial charge in [0.2, 0.25) is 5.88 Å². The standard InChI is InChI=1S/C16H22ClN5O/c1-11(12-6-14(17)16(23-3)19-7-12)18-8-13-9-20-22-5-4-21(2)10-15(13)22/h6-7,9,11,18H,4-5,8,10H2,1-3H3. The normalized spacial score (nSPS) is 16.2. The zero-order chi connectivity index (χ0) is 16.4. The number of halogens is 1. The molecule has 1 atom stereocenters. The van der Waals surface area contributed by atoms with Gasteiger partial charge in [-0.05, 0) is 25.6 Å². The summed E-state index contributed by atoms with van der Waals surface area (Å²) in [4.78, 5) is 6.54. The minimum absolute atomic E-state index is 0.141. The summed E-state index contributed by atoms with van der Waals surface area (Å²) in [6.07, 6.45) is 3.76. The van der Waals surface area contributed by atoms with Crippen molar-refractivity contribution in [1.82, 2.24) is 25.0 Å². The van der Waals surface area contributed by atoms with Crippen LogP contribution in [0.2, 0.25) is 5.02 Å². The third-order valence-corrected chi connectivity index (χ3v) is 4.54. The monoisotopic (exact) mass is 335 g/mol. The zero-order valence-corrected chi connectivity index (χ0v) is 14.5. The quantitative estimate of drug-likeness (QED) is 0.908. The van der Waals surface area contributed by atoms with Crippen LogP contribution in [-0.4, -0.2) is 40.4 Å². The van der Waals surface area contributed by atoms with E-state index in [-0.39, 0.29) is 6.04 Å². The number of rotatable bonds is 5. The molecule has 2 aromatic rings. The number of likely N-dealkylation sites (N-methyl/N-ethyl adjacent to an activating group) is 1. The Morgan fingerprint density at radius 2 is 2.22 bits per heavy atom. The van der Waals surface area contributed by atoms with Crippen molar-refractivity contribution < 1.29 is 4.74 Å². The number of aromatic nitrogens is 3. The molecule has 0 saturated heterocycles. The van der Waals surface area contributed by atoms with E-state index in [4.69, 9.17) is 16.3 Å². The van der Waals surface area contributed by atoms with Crippen molar-refractivity contribution in [3.8, 4) is 5.88 Å². The van der Waals surface area contributed by atoms with Crippen LogP contribution in [0, 0.1) is 0 Å². The number of ether oxygens (including phenoxy) is 1. The number of methoxy groups -OCH3 is 1. The lowest BCUT2D eigenvalue weighted by atomic mass is 10.1. The highest BCUT2D eigenvalue weighted by molar-refractivity contribution is 6.31. The summed E-state index contributed by atoms with van der Waals surface area (Å²) in [7, 11) is 3.71. The Kier molecular flexibility index (Phi) is 4.84. The zero-order valence-electron chi connectivity index (χ0n) is 13.7. The minimum Gasteiger partial charge on any atom is -0.480 e. The van der Waals surface area contributed by atoms with Crippen LogP contribution in [0.15, 0.2) is 18.5 Å². The molecule has 7 heteroatoms. The van der Waals surface area contributed by atoms with Crippen molar-refractivity contribution >= 4 is 11.6 Å². The summed E-state index contributed by atoms with van der Waals surface area (Å²) in [5.74, 6) is 0.455. The van der Waals surface area contributed by atoms with E-state index >= 15 is 0 Å². The van der Waals surface area contributed by atoms with Crippen molar-refractivity contribution in [2.24, 2.45) is 0 Å². The Balaban J connectivity index is 1.66. The first-order valence-electron chi connectivity index (χ1n) is 7.73. The lowest BCUT2D eigenvalue weighted by molar-refractivity contribution is 0.257. The molecule has 1 unspecified atom stereocenters. The number of hydrogen-bond acceptors (Lipinski definition) is 5. The second-order valence-corrected chi connectivity index (χ2v) is 6.35. The SMILES string of the molecule is COc1ncc(C(C)NCc2cnn3c2CN(C)CC3)cc1Cl. The molecule has 0 aliphatic carbocycles. The van der Waals surface area contributed by atoms with Crippen molar-refractivity contribution in [2.45, 2.75) is 32.6 Å². The Hall–Kier alpha value is -1.63. The molecular formula is C16H22ClN5O. The van der Waals surface area contributed by atoms with Crippen LogP contribution >= 0.6 is 11.6 Å². The van der Waals surface area contributed by atoms with E-state index in [2.05, 4.69) is 39.0 Å². The molecule has 23 heavy (non-hydrogen) atoms. The largest absolute Gasteiger partial charge is 0.480 e. The van der Waals surface area contributed by atoms with Crippen molar-refractivity contribution in [3.05, 3.63) is 40.3 Å². The van der Waals surface area contributed by atoms with E-state index in [0.717, 1.165) is 31.7 Å². The topological polar surface area (TPSA) is 55.2 Å². The van der Waals surface area contributed by atoms with E-state index < -0.39 is 0 Å². The van der Waals surface area contributed by atoms with Crippen LogP contribution in [0.5, 0.6) is 5.88 Å². The first kappa shape index (κ1) is 16.2. The molecule has 0 aromatic carbocycles. The average Bonchev–Trinajstić information content (AvgIpc) is 2.94. The average molecular weight is 336 g/mol. The molecule has 0 bridgehead atoms. The Morgan fingerprint density at radius 1 is 1.39 bits per heavy atom. The van der Waals surface area contributed by atoms with Crippen molar-refractivity contribution in [3.63, 3.8) is 0 Å². The van der Waals surface area contributed by atoms with E-state index in [9.17, 15) is 0 Å². The van der Waals surface area contributed by atoms with Gasteiger partial charge in [0.25, 0.3) is 0 Å². The molecule has 1 aliphatic heterocycles. The minimum atomic E-state index is 0.141. The van der Waals surface area contributed by atoms with Gasteiger partial charge in [0.15, 0.2) is 0 Å². The van der Waals surface area contributed by atoms with Gasteiger partial charge in [-0.15, -0.1) is 0 Å². The molecule has 3 heterocycles. The Bertz CT molecular complexity index is 687. The maximum atomic E-state index is 6.15. The number of nitrogens with one attached hydrogen (secondary N) is 1. The van der Waals surface area contributed by atoms with Crippen LogP contribution in [0.3, 0.4) is 0 Å². The van der Waals surface area contributed by atoms with E-state index in [1.165, 1.54) is 11.3 Å². The fraction of sp³-hybridized carbons (Fsp3) is 0.500. The molecule has 1 N–H and O–H groups in total. The summed E-state index contributed by atoms with van der Waals surface area (Å²) in [6.45, 7) is 5.82. The fourth-order valence-corrected chi connectivity index (χ4v) is 3.03. The molecular weight excluding hydrogens is 314 g/mol. The lowest BCUT2D eigenvalue weighted by Crippen LogP contribution is -2.31. The van der Waals surface area contributed by atoms with Gasteiger partial charge in [-0.1, -0.05) is 11.6 Å². The lowest BCUT2D eigenvalue weighted by Gasteiger charge is -2.24. The molecule has 0 amide bonds. The highest BCUT2D eigenvalue weighted by atomic mass is 35.5. The molecule has 0 fully saturated rings. The first-order valence-corrected chi connectivity index (χ1v) is 8.11. The third kappa shape index (κ3) is 3.49. The third-order valence-electron chi connectivity index (χ3n) is 4.27. The summed E-state index contributed by atoms with van der Waals surface area (Å²) < 4.78 is 7.20. The summed E-state index contributed by atoms with van der Waals surface area (Å²) in [5.41, 5.74) is 3.58. The molecule has 0 radical (unpaired) electrons. The fourth-order valence-electron chi connectivity index (χ4n) is 2.78. The number of nitrogens with zero attached hydrogens (tertiary/aromatic N) is 4. The van der Waals surface area contributed by atoms with Gasteiger partial charge in [0, 0.05) is 37.4 Å². The molecule has 0 spiro atoms. The van der Waals surface area contributed by atoms with E-state index in [0.29, 0.717) is 10.9 Å². The maximum absolute atomic E-state index is 6.15. The van der Waals surface area contributed by atoms with Gasteiger partial charge in [-0.25, -0.2) is 4.98 Å². The van der Waals surface area contributed by atoms with Gasteiger partial charge in [0.05, 0.1) is 25.5 Å². The summed E-state index contributed by atoms with van der Waals surface area (Å²) in [5, 5.41) is 8.53. The molecule has 3 rings (SSSR count). The summed E-state index contributed by atoms with van der Waals surface area (Å²) in [6, 6.07) is 2.04. The predicted molar refractivity (Wildman–Crippen MR) is 89.6 cm³/mol. The predicted octanol–water partition coefficient (Wildman–Crippen LogP) is 2.24. The molecule has 2 aromatic heterocycles. The molecule has 124 valence electrons. The number of hydrogen-bond donors (Lipinski definition) is 1. The number of pyridine rings is 1. The number of fused-ring (bicyclic) bond motifs is 1. The second-order valence-electron chi connectivity index (χ2n) is 5.94. The van der Waals surface area contributed by atoms with Crippen molar-refractivity contribution in [1.29, 1.82) is 0 Å². The maximum Gasteiger partial charge on any atom is 0.232 e. The van der Waals surface area contributed by atoms with Crippen LogP contribution in [0.25, 0.3) is 0 Å². The van der Waals surface area contributed by atoms with Crippen LogP contribution in [0.1, 0.15) is 29.8 Å². The van der Waals surface area contributed by atoms with Gasteiger partial charge in [-0.2, -0.15) is 5.10 Å². The van der Waals surface area contributed by atoms with E-state index in [1.54, 1.807) is 13.3 Å². The van der Waals surface area contributed by atoms with Crippen molar-refractivity contribution in [2.75, 3.05) is 20.7 Å². The first-order chi connectivity index (χ1) is 11.1. The van der Waals surface area contributed by atoms with Gasteiger partial charge in [0.1, 0.15) is 5.02 Å².